The van der Waals surface area contributed by atoms with Crippen molar-refractivity contribution in [1.82, 2.24) is 5.01 Å². The zero-order valence-corrected chi connectivity index (χ0v) is 19.0. The van der Waals surface area contributed by atoms with Gasteiger partial charge in [0.15, 0.2) is 10.9 Å². The van der Waals surface area contributed by atoms with Crippen LogP contribution in [0.3, 0.4) is 0 Å². The van der Waals surface area contributed by atoms with Crippen molar-refractivity contribution in [1.29, 1.82) is 0 Å². The van der Waals surface area contributed by atoms with Gasteiger partial charge in [-0.2, -0.15) is 10.1 Å². The summed E-state index contributed by atoms with van der Waals surface area (Å²) in [5, 5.41) is 8.17. The number of hydrogen-bond acceptors (Lipinski definition) is 6. The zero-order chi connectivity index (χ0) is 21.0. The molecule has 0 radical (unpaired) electrons. The number of hydrogen-bond donors (Lipinski definition) is 1. The number of thiocarbonyl (C=S) groups is 1. The lowest BCUT2D eigenvalue weighted by atomic mass is 10.1. The molecule has 150 valence electrons. The molecule has 3 rings (SSSR count). The van der Waals surface area contributed by atoms with Crippen LogP contribution in [0.25, 0.3) is 0 Å². The normalized spacial score (nSPS) is 14.0. The largest absolute Gasteiger partial charge is 0.484 e. The summed E-state index contributed by atoms with van der Waals surface area (Å²) in [6.07, 6.45) is 1.56. The standard InChI is InChI=1S/C20H18BrN3O3S2/c1-12-7-16(21)17(8-13(12)2)23-18(25)10-27-15-5-3-14(4-6-15)9-22-24-19(26)11-29-20(24)28/h3-9H,10-11H2,1-2H3,(H,23,25)/b22-9+. The Balaban J connectivity index is 1.53. The van der Waals surface area contributed by atoms with Gasteiger partial charge in [0.25, 0.3) is 11.8 Å². The highest BCUT2D eigenvalue weighted by Gasteiger charge is 2.25. The van der Waals surface area contributed by atoms with E-state index in [0.29, 0.717) is 21.5 Å². The van der Waals surface area contributed by atoms with E-state index in [1.165, 1.54) is 16.8 Å². The third-order valence-corrected chi connectivity index (χ3v) is 6.15. The number of amides is 2. The molecule has 1 saturated heterocycles. The van der Waals surface area contributed by atoms with Crippen molar-refractivity contribution >= 4 is 67.9 Å². The van der Waals surface area contributed by atoms with Crippen LogP contribution >= 0.6 is 39.9 Å². The van der Waals surface area contributed by atoms with Crippen molar-refractivity contribution < 1.29 is 14.3 Å². The first-order valence-electron chi connectivity index (χ1n) is 8.66. The summed E-state index contributed by atoms with van der Waals surface area (Å²) < 4.78 is 6.82. The Bertz CT molecular complexity index is 977. The van der Waals surface area contributed by atoms with Crippen molar-refractivity contribution in [2.75, 3.05) is 17.7 Å². The van der Waals surface area contributed by atoms with Gasteiger partial charge in [0.1, 0.15) is 5.75 Å². The molecule has 0 aromatic heterocycles. The molecule has 2 aromatic rings. The zero-order valence-electron chi connectivity index (χ0n) is 15.8. The minimum atomic E-state index is -0.252. The van der Waals surface area contributed by atoms with E-state index in [1.54, 1.807) is 30.5 Å². The molecule has 29 heavy (non-hydrogen) atoms. The van der Waals surface area contributed by atoms with Gasteiger partial charge in [-0.1, -0.05) is 24.0 Å². The lowest BCUT2D eigenvalue weighted by Crippen LogP contribution is -2.22. The van der Waals surface area contributed by atoms with E-state index in [0.717, 1.165) is 21.2 Å². The van der Waals surface area contributed by atoms with Crippen molar-refractivity contribution in [3.8, 4) is 5.75 Å². The summed E-state index contributed by atoms with van der Waals surface area (Å²) >= 11 is 9.83. The quantitative estimate of drug-likeness (QED) is 0.482. The molecule has 1 N–H and O–H groups in total. The van der Waals surface area contributed by atoms with E-state index in [2.05, 4.69) is 26.3 Å². The van der Waals surface area contributed by atoms with Crippen molar-refractivity contribution in [3.05, 3.63) is 57.6 Å². The Labute approximate surface area is 186 Å². The lowest BCUT2D eigenvalue weighted by molar-refractivity contribution is -0.124. The summed E-state index contributed by atoms with van der Waals surface area (Å²) in [6, 6.07) is 10.9. The number of benzene rings is 2. The molecule has 0 saturated carbocycles. The maximum atomic E-state index is 12.2. The van der Waals surface area contributed by atoms with Gasteiger partial charge in [-0.15, -0.1) is 0 Å². The highest BCUT2D eigenvalue weighted by atomic mass is 79.9. The van der Waals surface area contributed by atoms with Crippen LogP contribution in [-0.2, 0) is 9.59 Å². The fraction of sp³-hybridized carbons (Fsp3) is 0.200. The Morgan fingerprint density at radius 3 is 2.66 bits per heavy atom. The van der Waals surface area contributed by atoms with Gasteiger partial charge in [0, 0.05) is 4.47 Å². The van der Waals surface area contributed by atoms with Crippen LogP contribution < -0.4 is 10.1 Å². The number of thioether (sulfide) groups is 1. The first-order chi connectivity index (χ1) is 13.8. The van der Waals surface area contributed by atoms with Gasteiger partial charge >= 0.3 is 0 Å². The minimum Gasteiger partial charge on any atom is -0.484 e. The number of nitrogens with one attached hydrogen (secondary N) is 1. The fourth-order valence-electron chi connectivity index (χ4n) is 2.45. The molecule has 2 aromatic carbocycles. The second kappa shape index (κ2) is 9.51. The van der Waals surface area contributed by atoms with Gasteiger partial charge in [0.2, 0.25) is 0 Å². The number of ether oxygens (including phenoxy) is 1. The molecular weight excluding hydrogens is 474 g/mol. The van der Waals surface area contributed by atoms with E-state index in [1.807, 2.05) is 26.0 Å². The molecule has 0 aliphatic carbocycles. The summed E-state index contributed by atoms with van der Waals surface area (Å²) in [4.78, 5) is 23.8. The van der Waals surface area contributed by atoms with E-state index in [9.17, 15) is 9.59 Å². The van der Waals surface area contributed by atoms with E-state index < -0.39 is 0 Å². The van der Waals surface area contributed by atoms with E-state index >= 15 is 0 Å². The van der Waals surface area contributed by atoms with Crippen LogP contribution in [0, 0.1) is 13.8 Å². The molecule has 6 nitrogen and oxygen atoms in total. The number of rotatable bonds is 6. The molecule has 1 heterocycles. The van der Waals surface area contributed by atoms with Gasteiger partial charge in [-0.25, -0.2) is 0 Å². The monoisotopic (exact) mass is 491 g/mol. The Morgan fingerprint density at radius 2 is 2.00 bits per heavy atom. The van der Waals surface area contributed by atoms with Crippen LogP contribution in [0.5, 0.6) is 5.75 Å². The van der Waals surface area contributed by atoms with Crippen molar-refractivity contribution in [2.45, 2.75) is 13.8 Å². The number of carbonyl (C=O) groups excluding carboxylic acids is 2. The van der Waals surface area contributed by atoms with Crippen LogP contribution in [0.1, 0.15) is 16.7 Å². The summed E-state index contributed by atoms with van der Waals surface area (Å²) in [5.74, 6) is 0.500. The van der Waals surface area contributed by atoms with Gasteiger partial charge in [-0.05, 0) is 82.9 Å². The van der Waals surface area contributed by atoms with Crippen LogP contribution in [0.2, 0.25) is 0 Å². The molecule has 0 bridgehead atoms. The molecule has 2 amide bonds. The maximum absolute atomic E-state index is 12.2. The van der Waals surface area contributed by atoms with Gasteiger partial charge < -0.3 is 10.1 Å². The highest BCUT2D eigenvalue weighted by Crippen LogP contribution is 2.26. The number of hydrazone groups is 1. The average Bonchev–Trinajstić information content (AvgIpc) is 3.01. The first kappa shape index (κ1) is 21.5. The third-order valence-electron chi connectivity index (χ3n) is 4.16. The minimum absolute atomic E-state index is 0.111. The van der Waals surface area contributed by atoms with Crippen LogP contribution in [0.15, 0.2) is 46.0 Å². The number of anilines is 1. The molecule has 1 aliphatic heterocycles. The second-order valence-electron chi connectivity index (χ2n) is 6.33. The Kier molecular flexibility index (Phi) is 7.05. The highest BCUT2D eigenvalue weighted by molar-refractivity contribution is 9.10. The summed E-state index contributed by atoms with van der Waals surface area (Å²) in [5.41, 5.74) is 3.73. The molecule has 1 aliphatic rings. The van der Waals surface area contributed by atoms with Crippen LogP contribution in [-0.4, -0.2) is 39.7 Å². The fourth-order valence-corrected chi connectivity index (χ4v) is 3.97. The number of carbonyl (C=O) groups is 2. The Morgan fingerprint density at radius 1 is 1.31 bits per heavy atom. The summed E-state index contributed by atoms with van der Waals surface area (Å²) in [6.45, 7) is 3.89. The molecule has 1 fully saturated rings. The molecule has 0 unspecified atom stereocenters. The SMILES string of the molecule is Cc1cc(Br)c(NC(=O)COc2ccc(/C=N/N3C(=O)CSC3=S)cc2)cc1C. The molecule has 9 heteroatoms. The first-order valence-corrected chi connectivity index (χ1v) is 10.9. The van der Waals surface area contributed by atoms with Gasteiger partial charge in [0.05, 0.1) is 17.7 Å². The molecule has 0 atom stereocenters. The van der Waals surface area contributed by atoms with E-state index in [-0.39, 0.29) is 18.4 Å². The number of aryl methyl sites for hydroxylation is 2. The molecule has 0 spiro atoms. The predicted molar refractivity (Wildman–Crippen MR) is 124 cm³/mol. The number of nitrogens with zero attached hydrogens (tertiary/aromatic N) is 2. The Hall–Kier alpha value is -2.23. The second-order valence-corrected chi connectivity index (χ2v) is 8.79. The van der Waals surface area contributed by atoms with Crippen molar-refractivity contribution in [2.24, 2.45) is 5.10 Å². The van der Waals surface area contributed by atoms with Crippen LogP contribution in [0.4, 0.5) is 5.69 Å². The third kappa shape index (κ3) is 5.65. The summed E-state index contributed by atoms with van der Waals surface area (Å²) in [7, 11) is 0. The van der Waals surface area contributed by atoms with E-state index in [4.69, 9.17) is 17.0 Å². The lowest BCUT2D eigenvalue weighted by Gasteiger charge is -2.11. The average molecular weight is 492 g/mol. The van der Waals surface area contributed by atoms with Crippen molar-refractivity contribution in [3.63, 3.8) is 0 Å². The maximum Gasteiger partial charge on any atom is 0.262 e. The van der Waals surface area contributed by atoms with Gasteiger partial charge in [-0.3, -0.25) is 9.59 Å². The molecular formula is C20H18BrN3O3S2. The number of halogens is 1. The predicted octanol–water partition coefficient (Wildman–Crippen LogP) is 4.28. The smallest absolute Gasteiger partial charge is 0.262 e. The topological polar surface area (TPSA) is 71.0 Å².